The van der Waals surface area contributed by atoms with Crippen molar-refractivity contribution in [1.29, 1.82) is 0 Å². The molecule has 0 radical (unpaired) electrons. The summed E-state index contributed by atoms with van der Waals surface area (Å²) in [7, 11) is 0. The highest BCUT2D eigenvalue weighted by Gasteiger charge is 2.36. The van der Waals surface area contributed by atoms with E-state index in [-0.39, 0.29) is 19.1 Å². The summed E-state index contributed by atoms with van der Waals surface area (Å²) in [5.41, 5.74) is 2.92. The van der Waals surface area contributed by atoms with Gasteiger partial charge in [-0.25, -0.2) is 4.99 Å². The monoisotopic (exact) mass is 365 g/mol. The fourth-order valence-electron chi connectivity index (χ4n) is 2.97. The topological polar surface area (TPSA) is 71.0 Å². The number of hydrogen-bond acceptors (Lipinski definition) is 5. The number of amides is 1. The standard InChI is InChI=1S/C21H23N3O3/c1-3-27-19(25)14-24-20(26)18(13-16-9-5-4-6-10-16)23-21(24)22-17-11-7-8-15(2)12-17/h4-12,18H,3,13-14H2,1-2H3,(H,22,23)/t18-/m0/s1. The third-order valence-electron chi connectivity index (χ3n) is 4.22. The summed E-state index contributed by atoms with van der Waals surface area (Å²) < 4.78 is 5.01. The average molecular weight is 365 g/mol. The summed E-state index contributed by atoms with van der Waals surface area (Å²) in [5, 5.41) is 3.17. The fourth-order valence-corrected chi connectivity index (χ4v) is 2.97. The third-order valence-corrected chi connectivity index (χ3v) is 4.22. The molecule has 1 atom stereocenters. The van der Waals surface area contributed by atoms with E-state index in [4.69, 9.17) is 4.74 Å². The molecule has 6 heteroatoms. The van der Waals surface area contributed by atoms with Crippen LogP contribution in [-0.2, 0) is 20.7 Å². The molecule has 1 N–H and O–H groups in total. The van der Waals surface area contributed by atoms with Crippen LogP contribution in [0.3, 0.4) is 0 Å². The Bertz CT molecular complexity index is 849. The zero-order valence-electron chi connectivity index (χ0n) is 15.5. The van der Waals surface area contributed by atoms with Gasteiger partial charge in [0.2, 0.25) is 5.96 Å². The molecule has 0 saturated heterocycles. The Balaban J connectivity index is 1.82. The van der Waals surface area contributed by atoms with Crippen LogP contribution in [0.15, 0.2) is 59.6 Å². The van der Waals surface area contributed by atoms with E-state index >= 15 is 0 Å². The number of benzene rings is 2. The molecule has 3 rings (SSSR count). The number of guanidine groups is 1. The molecule has 0 fully saturated rings. The number of carbonyl (C=O) groups is 2. The van der Waals surface area contributed by atoms with Crippen molar-refractivity contribution in [3.63, 3.8) is 0 Å². The quantitative estimate of drug-likeness (QED) is 0.799. The molecule has 1 heterocycles. The normalized spacial score (nSPS) is 16.2. The summed E-state index contributed by atoms with van der Waals surface area (Å²) in [6.07, 6.45) is 0.484. The molecule has 2 aromatic rings. The molecule has 0 unspecified atom stereocenters. The smallest absolute Gasteiger partial charge is 0.326 e. The van der Waals surface area contributed by atoms with Crippen LogP contribution in [-0.4, -0.2) is 41.9 Å². The van der Waals surface area contributed by atoms with Gasteiger partial charge in [-0.15, -0.1) is 0 Å². The van der Waals surface area contributed by atoms with Gasteiger partial charge >= 0.3 is 5.97 Å². The second kappa shape index (κ2) is 8.49. The summed E-state index contributed by atoms with van der Waals surface area (Å²) >= 11 is 0. The maximum absolute atomic E-state index is 12.9. The number of aliphatic imine (C=N–C) groups is 1. The van der Waals surface area contributed by atoms with Gasteiger partial charge in [-0.05, 0) is 37.1 Å². The first-order valence-electron chi connectivity index (χ1n) is 8.99. The molecule has 0 bridgehead atoms. The molecular weight excluding hydrogens is 342 g/mol. The van der Waals surface area contributed by atoms with E-state index in [1.54, 1.807) is 6.92 Å². The maximum Gasteiger partial charge on any atom is 0.326 e. The van der Waals surface area contributed by atoms with Crippen molar-refractivity contribution < 1.29 is 14.3 Å². The third kappa shape index (κ3) is 4.73. The highest BCUT2D eigenvalue weighted by atomic mass is 16.5. The van der Waals surface area contributed by atoms with Crippen molar-refractivity contribution in [3.05, 3.63) is 65.7 Å². The lowest BCUT2D eigenvalue weighted by molar-refractivity contribution is -0.146. The van der Waals surface area contributed by atoms with E-state index in [1.807, 2.05) is 61.5 Å². The van der Waals surface area contributed by atoms with Crippen molar-refractivity contribution in [3.8, 4) is 0 Å². The molecular formula is C21H23N3O3. The SMILES string of the molecule is CCOC(=O)CN1C(=O)[C@H](Cc2ccccc2)N=C1Nc1cccc(C)c1. The van der Waals surface area contributed by atoms with Crippen LogP contribution < -0.4 is 5.32 Å². The van der Waals surface area contributed by atoms with Crippen molar-refractivity contribution in [2.75, 3.05) is 18.5 Å². The van der Waals surface area contributed by atoms with Gasteiger partial charge in [0.25, 0.3) is 5.91 Å². The Hall–Kier alpha value is -3.15. The van der Waals surface area contributed by atoms with Crippen molar-refractivity contribution in [2.24, 2.45) is 4.99 Å². The Morgan fingerprint density at radius 2 is 1.96 bits per heavy atom. The van der Waals surface area contributed by atoms with Gasteiger partial charge in [0.1, 0.15) is 12.6 Å². The highest BCUT2D eigenvalue weighted by molar-refractivity contribution is 6.11. The van der Waals surface area contributed by atoms with Crippen molar-refractivity contribution in [2.45, 2.75) is 26.3 Å². The molecule has 1 aliphatic heterocycles. The largest absolute Gasteiger partial charge is 0.465 e. The van der Waals surface area contributed by atoms with Gasteiger partial charge in [-0.1, -0.05) is 42.5 Å². The van der Waals surface area contributed by atoms with E-state index in [2.05, 4.69) is 10.3 Å². The molecule has 0 saturated carbocycles. The Morgan fingerprint density at radius 3 is 2.67 bits per heavy atom. The minimum Gasteiger partial charge on any atom is -0.465 e. The summed E-state index contributed by atoms with van der Waals surface area (Å²) in [6, 6.07) is 16.9. The van der Waals surface area contributed by atoms with E-state index in [0.29, 0.717) is 12.4 Å². The number of anilines is 1. The molecule has 0 aromatic heterocycles. The summed E-state index contributed by atoms with van der Waals surface area (Å²) in [4.78, 5) is 30.8. The van der Waals surface area contributed by atoms with Gasteiger partial charge in [-0.3, -0.25) is 14.5 Å². The van der Waals surface area contributed by atoms with Gasteiger partial charge in [0, 0.05) is 12.1 Å². The maximum atomic E-state index is 12.9. The number of rotatable bonds is 6. The van der Waals surface area contributed by atoms with Gasteiger partial charge < -0.3 is 10.1 Å². The number of carbonyl (C=O) groups excluding carboxylic acids is 2. The van der Waals surface area contributed by atoms with E-state index in [0.717, 1.165) is 16.8 Å². The summed E-state index contributed by atoms with van der Waals surface area (Å²) in [5.74, 6) is -0.286. The van der Waals surface area contributed by atoms with Gasteiger partial charge in [0.05, 0.1) is 6.61 Å². The molecule has 0 aliphatic carbocycles. The number of nitrogens with zero attached hydrogens (tertiary/aromatic N) is 2. The van der Waals surface area contributed by atoms with Crippen LogP contribution in [0.25, 0.3) is 0 Å². The number of hydrogen-bond donors (Lipinski definition) is 1. The van der Waals surface area contributed by atoms with E-state index in [1.165, 1.54) is 4.90 Å². The van der Waals surface area contributed by atoms with Gasteiger partial charge in [-0.2, -0.15) is 0 Å². The average Bonchev–Trinajstić information content (AvgIpc) is 2.91. The second-order valence-electron chi connectivity index (χ2n) is 6.38. The van der Waals surface area contributed by atoms with Crippen molar-refractivity contribution in [1.82, 2.24) is 4.90 Å². The number of esters is 1. The first kappa shape index (κ1) is 18.6. The molecule has 1 aliphatic rings. The van der Waals surface area contributed by atoms with Crippen LogP contribution in [0.1, 0.15) is 18.1 Å². The zero-order valence-corrected chi connectivity index (χ0v) is 15.5. The number of nitrogens with one attached hydrogen (secondary N) is 1. The summed E-state index contributed by atoms with van der Waals surface area (Å²) in [6.45, 7) is 3.84. The Labute approximate surface area is 158 Å². The first-order chi connectivity index (χ1) is 13.1. The molecule has 2 aromatic carbocycles. The predicted molar refractivity (Wildman–Crippen MR) is 105 cm³/mol. The lowest BCUT2D eigenvalue weighted by Crippen LogP contribution is -2.42. The highest BCUT2D eigenvalue weighted by Crippen LogP contribution is 2.19. The minimum atomic E-state index is -0.561. The van der Waals surface area contributed by atoms with Crippen LogP contribution in [0.2, 0.25) is 0 Å². The minimum absolute atomic E-state index is 0.157. The zero-order chi connectivity index (χ0) is 19.2. The molecule has 6 nitrogen and oxygen atoms in total. The Morgan fingerprint density at radius 1 is 1.19 bits per heavy atom. The lowest BCUT2D eigenvalue weighted by atomic mass is 10.1. The molecule has 27 heavy (non-hydrogen) atoms. The van der Waals surface area contributed by atoms with Crippen LogP contribution in [0, 0.1) is 6.92 Å². The van der Waals surface area contributed by atoms with E-state index in [9.17, 15) is 9.59 Å². The number of ether oxygens (including phenoxy) is 1. The van der Waals surface area contributed by atoms with E-state index < -0.39 is 12.0 Å². The number of aryl methyl sites for hydroxylation is 1. The lowest BCUT2D eigenvalue weighted by Gasteiger charge is -2.19. The molecule has 140 valence electrons. The first-order valence-corrected chi connectivity index (χ1v) is 8.99. The van der Waals surface area contributed by atoms with Crippen LogP contribution >= 0.6 is 0 Å². The van der Waals surface area contributed by atoms with Crippen LogP contribution in [0.5, 0.6) is 0 Å². The Kier molecular flexibility index (Phi) is 5.86. The molecule has 1 amide bonds. The fraction of sp³-hybridized carbons (Fsp3) is 0.286. The van der Waals surface area contributed by atoms with Crippen LogP contribution in [0.4, 0.5) is 5.69 Å². The van der Waals surface area contributed by atoms with Gasteiger partial charge in [0.15, 0.2) is 0 Å². The second-order valence-corrected chi connectivity index (χ2v) is 6.38. The predicted octanol–water partition coefficient (Wildman–Crippen LogP) is 2.78. The van der Waals surface area contributed by atoms with Crippen molar-refractivity contribution >= 4 is 23.5 Å². The molecule has 0 spiro atoms.